The van der Waals surface area contributed by atoms with Crippen LogP contribution in [0.1, 0.15) is 18.4 Å². The Labute approximate surface area is 146 Å². The molecule has 1 aliphatic heterocycles. The average Bonchev–Trinajstić information content (AvgIpc) is 3.28. The standard InChI is InChI=1S/C17H21FN2O4S/c18-15-4-2-1-3-11(15)5-7-19-16(21)13-9-14(13)17(22)20-12-6-8-25(23,24)10-12/h1-4,12-14H,5-10H2,(H,19,21)(H,20,22). The maximum atomic E-state index is 13.5. The van der Waals surface area contributed by atoms with E-state index < -0.39 is 15.8 Å². The number of sulfone groups is 1. The monoisotopic (exact) mass is 368 g/mol. The summed E-state index contributed by atoms with van der Waals surface area (Å²) in [4.78, 5) is 24.1. The quantitative estimate of drug-likeness (QED) is 0.761. The van der Waals surface area contributed by atoms with Crippen LogP contribution >= 0.6 is 0 Å². The summed E-state index contributed by atoms with van der Waals surface area (Å²) < 4.78 is 36.3. The van der Waals surface area contributed by atoms with Crippen molar-refractivity contribution in [2.24, 2.45) is 11.8 Å². The molecule has 8 heteroatoms. The molecule has 2 amide bonds. The van der Waals surface area contributed by atoms with Crippen LogP contribution in [0.5, 0.6) is 0 Å². The lowest BCUT2D eigenvalue weighted by atomic mass is 10.1. The van der Waals surface area contributed by atoms with Gasteiger partial charge in [-0.3, -0.25) is 9.59 Å². The maximum absolute atomic E-state index is 13.5. The highest BCUT2D eigenvalue weighted by atomic mass is 32.2. The van der Waals surface area contributed by atoms with Crippen LogP contribution in [0.25, 0.3) is 0 Å². The fourth-order valence-electron chi connectivity index (χ4n) is 3.14. The Bertz CT molecular complexity index is 781. The van der Waals surface area contributed by atoms with E-state index in [9.17, 15) is 22.4 Å². The molecule has 1 aliphatic carbocycles. The molecule has 1 aromatic rings. The summed E-state index contributed by atoms with van der Waals surface area (Å²) in [7, 11) is -3.04. The van der Waals surface area contributed by atoms with Gasteiger partial charge in [-0.25, -0.2) is 12.8 Å². The average molecular weight is 368 g/mol. The van der Waals surface area contributed by atoms with Gasteiger partial charge in [0, 0.05) is 12.6 Å². The Kier molecular flexibility index (Phi) is 5.08. The predicted molar refractivity (Wildman–Crippen MR) is 89.9 cm³/mol. The van der Waals surface area contributed by atoms with E-state index in [0.717, 1.165) is 0 Å². The fourth-order valence-corrected chi connectivity index (χ4v) is 4.82. The van der Waals surface area contributed by atoms with Crippen LogP contribution in [-0.2, 0) is 25.8 Å². The zero-order valence-electron chi connectivity index (χ0n) is 13.7. The summed E-state index contributed by atoms with van der Waals surface area (Å²) in [6.07, 6.45) is 1.29. The minimum absolute atomic E-state index is 0.0229. The molecule has 2 fully saturated rings. The van der Waals surface area contributed by atoms with Crippen LogP contribution in [0, 0.1) is 17.7 Å². The van der Waals surface area contributed by atoms with Gasteiger partial charge in [-0.05, 0) is 30.9 Å². The second-order valence-corrected chi connectivity index (χ2v) is 8.92. The van der Waals surface area contributed by atoms with E-state index in [-0.39, 0.29) is 41.1 Å². The first-order valence-electron chi connectivity index (χ1n) is 8.37. The lowest BCUT2D eigenvalue weighted by molar-refractivity contribution is -0.127. The van der Waals surface area contributed by atoms with Crippen LogP contribution in [-0.4, -0.2) is 44.3 Å². The number of benzene rings is 1. The first kappa shape index (κ1) is 17.8. The van der Waals surface area contributed by atoms with Crippen molar-refractivity contribution < 1.29 is 22.4 Å². The second-order valence-electron chi connectivity index (χ2n) is 6.69. The van der Waals surface area contributed by atoms with E-state index in [1.54, 1.807) is 18.2 Å². The molecule has 2 N–H and O–H groups in total. The highest BCUT2D eigenvalue weighted by Crippen LogP contribution is 2.39. The number of carbonyl (C=O) groups is 2. The van der Waals surface area contributed by atoms with Gasteiger partial charge < -0.3 is 10.6 Å². The largest absolute Gasteiger partial charge is 0.356 e. The summed E-state index contributed by atoms with van der Waals surface area (Å²) in [6.45, 7) is 0.311. The number of hydrogen-bond donors (Lipinski definition) is 2. The molecule has 3 unspecified atom stereocenters. The Morgan fingerprint density at radius 1 is 1.16 bits per heavy atom. The van der Waals surface area contributed by atoms with Crippen LogP contribution in [0.4, 0.5) is 4.39 Å². The summed E-state index contributed by atoms with van der Waals surface area (Å²) in [5, 5.41) is 5.45. The molecule has 3 atom stereocenters. The smallest absolute Gasteiger partial charge is 0.224 e. The van der Waals surface area contributed by atoms with E-state index in [0.29, 0.717) is 31.4 Å². The normalized spacial score (nSPS) is 26.8. The first-order chi connectivity index (χ1) is 11.9. The summed E-state index contributed by atoms with van der Waals surface area (Å²) >= 11 is 0. The molecule has 2 aliphatic rings. The number of rotatable bonds is 6. The first-order valence-corrected chi connectivity index (χ1v) is 10.2. The minimum atomic E-state index is -3.04. The highest BCUT2D eigenvalue weighted by Gasteiger charge is 2.48. The zero-order valence-corrected chi connectivity index (χ0v) is 14.5. The van der Waals surface area contributed by atoms with Crippen molar-refractivity contribution in [2.45, 2.75) is 25.3 Å². The van der Waals surface area contributed by atoms with Crippen LogP contribution in [0.3, 0.4) is 0 Å². The molecule has 0 spiro atoms. The van der Waals surface area contributed by atoms with Crippen LogP contribution in [0.2, 0.25) is 0 Å². The van der Waals surface area contributed by atoms with E-state index >= 15 is 0 Å². The Morgan fingerprint density at radius 3 is 2.56 bits per heavy atom. The van der Waals surface area contributed by atoms with E-state index in [4.69, 9.17) is 0 Å². The summed E-state index contributed by atoms with van der Waals surface area (Å²) in [5.74, 6) is -1.46. The van der Waals surface area contributed by atoms with Gasteiger partial charge in [-0.2, -0.15) is 0 Å². The highest BCUT2D eigenvalue weighted by molar-refractivity contribution is 7.91. The second kappa shape index (κ2) is 7.11. The molecule has 1 heterocycles. The molecule has 25 heavy (non-hydrogen) atoms. The van der Waals surface area contributed by atoms with Gasteiger partial charge in [0.1, 0.15) is 5.82 Å². The molecule has 1 saturated carbocycles. The molecule has 1 aromatic carbocycles. The maximum Gasteiger partial charge on any atom is 0.224 e. The molecule has 6 nitrogen and oxygen atoms in total. The molecule has 0 radical (unpaired) electrons. The lowest BCUT2D eigenvalue weighted by Crippen LogP contribution is -2.38. The fraction of sp³-hybridized carbons (Fsp3) is 0.529. The third-order valence-electron chi connectivity index (χ3n) is 4.69. The lowest BCUT2D eigenvalue weighted by Gasteiger charge is -2.10. The zero-order chi connectivity index (χ0) is 18.0. The van der Waals surface area contributed by atoms with Crippen LogP contribution in [0.15, 0.2) is 24.3 Å². The van der Waals surface area contributed by atoms with Gasteiger partial charge >= 0.3 is 0 Å². The van der Waals surface area contributed by atoms with Crippen molar-refractivity contribution in [3.8, 4) is 0 Å². The third-order valence-corrected chi connectivity index (χ3v) is 6.46. The molecule has 136 valence electrons. The van der Waals surface area contributed by atoms with E-state index in [1.165, 1.54) is 6.07 Å². The van der Waals surface area contributed by atoms with Gasteiger partial charge in [0.15, 0.2) is 9.84 Å². The number of nitrogens with one attached hydrogen (secondary N) is 2. The van der Waals surface area contributed by atoms with Gasteiger partial charge in [0.2, 0.25) is 11.8 Å². The van der Waals surface area contributed by atoms with E-state index in [2.05, 4.69) is 10.6 Å². The summed E-state index contributed by atoms with van der Waals surface area (Å²) in [6, 6.07) is 6.06. The van der Waals surface area contributed by atoms with Crippen molar-refractivity contribution in [1.29, 1.82) is 0 Å². The van der Waals surface area contributed by atoms with Crippen molar-refractivity contribution in [3.05, 3.63) is 35.6 Å². The molecular weight excluding hydrogens is 347 g/mol. The molecular formula is C17H21FN2O4S. The topological polar surface area (TPSA) is 92.3 Å². The van der Waals surface area contributed by atoms with Crippen molar-refractivity contribution in [3.63, 3.8) is 0 Å². The summed E-state index contributed by atoms with van der Waals surface area (Å²) in [5.41, 5.74) is 0.537. The number of halogens is 1. The number of hydrogen-bond acceptors (Lipinski definition) is 4. The van der Waals surface area contributed by atoms with Crippen molar-refractivity contribution >= 4 is 21.7 Å². The van der Waals surface area contributed by atoms with E-state index in [1.807, 2.05) is 0 Å². The number of carbonyl (C=O) groups excluding carboxylic acids is 2. The van der Waals surface area contributed by atoms with Gasteiger partial charge in [-0.15, -0.1) is 0 Å². The Morgan fingerprint density at radius 2 is 1.88 bits per heavy atom. The molecule has 1 saturated heterocycles. The predicted octanol–water partition coefficient (Wildman–Crippen LogP) is 0.424. The minimum Gasteiger partial charge on any atom is -0.356 e. The third kappa shape index (κ3) is 4.56. The Hall–Kier alpha value is -1.96. The Balaban J connectivity index is 1.40. The SMILES string of the molecule is O=C(NCCc1ccccc1F)C1CC1C(=O)NC1CCS(=O)(=O)C1. The van der Waals surface area contributed by atoms with Gasteiger partial charge in [0.05, 0.1) is 23.3 Å². The van der Waals surface area contributed by atoms with Gasteiger partial charge in [0.25, 0.3) is 0 Å². The van der Waals surface area contributed by atoms with Crippen molar-refractivity contribution in [2.75, 3.05) is 18.1 Å². The molecule has 0 aromatic heterocycles. The molecule has 0 bridgehead atoms. The van der Waals surface area contributed by atoms with Crippen molar-refractivity contribution in [1.82, 2.24) is 10.6 Å². The molecule has 3 rings (SSSR count). The number of amides is 2. The van der Waals surface area contributed by atoms with Gasteiger partial charge in [-0.1, -0.05) is 18.2 Å². The van der Waals surface area contributed by atoms with Crippen LogP contribution < -0.4 is 10.6 Å².